The molecule has 0 saturated carbocycles. The van der Waals surface area contributed by atoms with Gasteiger partial charge in [-0.1, -0.05) is 0 Å². The lowest BCUT2D eigenvalue weighted by Crippen LogP contribution is -2.31. The first-order chi connectivity index (χ1) is 14.5. The zero-order valence-corrected chi connectivity index (χ0v) is 17.9. The highest BCUT2D eigenvalue weighted by atomic mass is 32.2. The molecule has 0 amide bonds. The van der Waals surface area contributed by atoms with Gasteiger partial charge in [-0.3, -0.25) is 0 Å². The maximum Gasteiger partial charge on any atom is 0.240 e. The number of nitrogens with one attached hydrogen (secondary N) is 2. The molecule has 1 aliphatic heterocycles. The van der Waals surface area contributed by atoms with Crippen molar-refractivity contribution in [1.29, 1.82) is 5.26 Å². The zero-order valence-electron chi connectivity index (χ0n) is 17.1. The fourth-order valence-corrected chi connectivity index (χ4v) is 4.28. The van der Waals surface area contributed by atoms with E-state index >= 15 is 0 Å². The third-order valence-electron chi connectivity index (χ3n) is 4.90. The first-order valence-corrected chi connectivity index (χ1v) is 11.5. The number of rotatable bonds is 9. The van der Waals surface area contributed by atoms with Gasteiger partial charge in [0.15, 0.2) is 5.82 Å². The fourth-order valence-electron chi connectivity index (χ4n) is 3.21. The molecule has 0 spiro atoms. The van der Waals surface area contributed by atoms with Crippen LogP contribution < -0.4 is 14.9 Å². The Bertz CT molecular complexity index is 994. The lowest BCUT2D eigenvalue weighted by atomic mass is 10.2. The minimum atomic E-state index is -3.60. The molecule has 9 nitrogen and oxygen atoms in total. The van der Waals surface area contributed by atoms with Crippen LogP contribution in [0.15, 0.2) is 35.4 Å². The van der Waals surface area contributed by atoms with Crippen molar-refractivity contribution in [1.82, 2.24) is 14.7 Å². The van der Waals surface area contributed by atoms with Gasteiger partial charge in [-0.15, -0.1) is 0 Å². The quantitative estimate of drug-likeness (QED) is 0.622. The van der Waals surface area contributed by atoms with Crippen molar-refractivity contribution in [3.05, 3.63) is 36.0 Å². The average Bonchev–Trinajstić information content (AvgIpc) is 3.28. The monoisotopic (exact) mass is 430 g/mol. The fraction of sp³-hybridized carbons (Fsp3) is 0.450. The number of ether oxygens (including phenoxy) is 1. The molecule has 10 heteroatoms. The largest absolute Gasteiger partial charge is 0.377 e. The summed E-state index contributed by atoms with van der Waals surface area (Å²) in [6, 6.07) is 8.46. The van der Waals surface area contributed by atoms with Crippen LogP contribution in [0.5, 0.6) is 0 Å². The molecular formula is C20H26N6O3S. The van der Waals surface area contributed by atoms with Gasteiger partial charge in [-0.05, 0) is 51.0 Å². The summed E-state index contributed by atoms with van der Waals surface area (Å²) < 4.78 is 33.0. The van der Waals surface area contributed by atoms with Gasteiger partial charge in [0.05, 0.1) is 17.2 Å². The molecule has 1 fully saturated rings. The molecule has 0 aliphatic carbocycles. The zero-order chi connectivity index (χ0) is 21.6. The Labute approximate surface area is 177 Å². The normalized spacial score (nSPS) is 16.2. The summed E-state index contributed by atoms with van der Waals surface area (Å²) in [6.45, 7) is 6.37. The van der Waals surface area contributed by atoms with Crippen LogP contribution in [0.2, 0.25) is 0 Å². The second-order valence-electron chi connectivity index (χ2n) is 6.85. The van der Waals surface area contributed by atoms with E-state index < -0.39 is 10.0 Å². The molecule has 1 unspecified atom stereocenters. The molecule has 0 bridgehead atoms. The average molecular weight is 431 g/mol. The van der Waals surface area contributed by atoms with E-state index in [0.717, 1.165) is 12.8 Å². The summed E-state index contributed by atoms with van der Waals surface area (Å²) in [4.78, 5) is 10.8. The van der Waals surface area contributed by atoms with Gasteiger partial charge in [-0.2, -0.15) is 10.2 Å². The minimum Gasteiger partial charge on any atom is -0.377 e. The third-order valence-corrected chi connectivity index (χ3v) is 6.34. The van der Waals surface area contributed by atoms with Crippen molar-refractivity contribution in [3.8, 4) is 6.07 Å². The summed E-state index contributed by atoms with van der Waals surface area (Å²) in [5, 5.41) is 12.4. The Balaban J connectivity index is 1.71. The molecule has 160 valence electrons. The summed E-state index contributed by atoms with van der Waals surface area (Å²) in [5.74, 6) is 0.903. The predicted molar refractivity (Wildman–Crippen MR) is 114 cm³/mol. The second kappa shape index (κ2) is 9.84. The molecule has 0 radical (unpaired) electrons. The van der Waals surface area contributed by atoms with E-state index in [1.807, 2.05) is 18.7 Å². The molecule has 2 N–H and O–H groups in total. The van der Waals surface area contributed by atoms with Gasteiger partial charge in [0, 0.05) is 31.9 Å². The van der Waals surface area contributed by atoms with Crippen LogP contribution >= 0.6 is 0 Å². The second-order valence-corrected chi connectivity index (χ2v) is 8.62. The van der Waals surface area contributed by atoms with E-state index in [0.29, 0.717) is 42.7 Å². The Kier molecular flexibility index (Phi) is 7.20. The van der Waals surface area contributed by atoms with Crippen LogP contribution in [0.4, 0.5) is 17.5 Å². The highest BCUT2D eigenvalue weighted by Gasteiger charge is 2.20. The lowest BCUT2D eigenvalue weighted by molar-refractivity contribution is 0.114. The van der Waals surface area contributed by atoms with E-state index in [9.17, 15) is 13.7 Å². The van der Waals surface area contributed by atoms with E-state index in [1.165, 1.54) is 18.3 Å². The first kappa shape index (κ1) is 22.0. The van der Waals surface area contributed by atoms with Crippen molar-refractivity contribution in [2.45, 2.75) is 37.7 Å². The van der Waals surface area contributed by atoms with Gasteiger partial charge in [0.1, 0.15) is 11.6 Å². The number of nitriles is 1. The third kappa shape index (κ3) is 5.24. The topological polar surface area (TPSA) is 120 Å². The molecule has 1 aromatic carbocycles. The molecule has 1 saturated heterocycles. The summed E-state index contributed by atoms with van der Waals surface area (Å²) >= 11 is 0. The van der Waals surface area contributed by atoms with E-state index in [1.54, 1.807) is 12.1 Å². The van der Waals surface area contributed by atoms with Gasteiger partial charge >= 0.3 is 0 Å². The molecule has 2 heterocycles. The SMILES string of the molecule is CCN(CC)c1nc(Nc2ccc(S(=O)(=O)NCC3CCCO3)cc2)ncc1C#N. The van der Waals surface area contributed by atoms with Gasteiger partial charge < -0.3 is 15.0 Å². The molecule has 1 aliphatic rings. The lowest BCUT2D eigenvalue weighted by Gasteiger charge is -2.21. The van der Waals surface area contributed by atoms with Crippen molar-refractivity contribution < 1.29 is 13.2 Å². The van der Waals surface area contributed by atoms with E-state index in [2.05, 4.69) is 26.1 Å². The minimum absolute atomic E-state index is 0.0609. The molecule has 1 aromatic heterocycles. The molecule has 1 atom stereocenters. The first-order valence-electron chi connectivity index (χ1n) is 9.97. The number of nitrogens with zero attached hydrogens (tertiary/aromatic N) is 4. The summed E-state index contributed by atoms with van der Waals surface area (Å²) in [5.41, 5.74) is 1.05. The van der Waals surface area contributed by atoms with Crippen LogP contribution in [0, 0.1) is 11.3 Å². The molecule has 2 aromatic rings. The Morgan fingerprint density at radius 2 is 2.00 bits per heavy atom. The van der Waals surface area contributed by atoms with Gasteiger partial charge in [0.25, 0.3) is 0 Å². The number of benzene rings is 1. The highest BCUT2D eigenvalue weighted by molar-refractivity contribution is 7.89. The van der Waals surface area contributed by atoms with Crippen molar-refractivity contribution in [3.63, 3.8) is 0 Å². The van der Waals surface area contributed by atoms with Crippen molar-refractivity contribution in [2.24, 2.45) is 0 Å². The smallest absolute Gasteiger partial charge is 0.240 e. The van der Waals surface area contributed by atoms with Crippen LogP contribution in [-0.2, 0) is 14.8 Å². The standard InChI is InChI=1S/C20H26N6O3S/c1-3-26(4-2)19-15(12-21)13-22-20(25-19)24-16-7-9-18(10-8-16)30(27,28)23-14-17-6-5-11-29-17/h7-10,13,17,23H,3-6,11,14H2,1-2H3,(H,22,24,25). The number of anilines is 3. The Hall–Kier alpha value is -2.74. The molecule has 30 heavy (non-hydrogen) atoms. The Morgan fingerprint density at radius 1 is 1.27 bits per heavy atom. The molecule has 3 rings (SSSR count). The van der Waals surface area contributed by atoms with Crippen molar-refractivity contribution >= 4 is 27.5 Å². The summed E-state index contributed by atoms with van der Waals surface area (Å²) in [7, 11) is -3.60. The van der Waals surface area contributed by atoms with Crippen LogP contribution in [-0.4, -0.2) is 50.7 Å². The molecular weight excluding hydrogens is 404 g/mol. The van der Waals surface area contributed by atoms with Crippen LogP contribution in [0.1, 0.15) is 32.3 Å². The van der Waals surface area contributed by atoms with Crippen LogP contribution in [0.25, 0.3) is 0 Å². The van der Waals surface area contributed by atoms with Crippen molar-refractivity contribution in [2.75, 3.05) is 36.5 Å². The number of hydrogen-bond donors (Lipinski definition) is 2. The number of aromatic nitrogens is 2. The van der Waals surface area contributed by atoms with E-state index in [-0.39, 0.29) is 17.5 Å². The van der Waals surface area contributed by atoms with Gasteiger partial charge in [-0.25, -0.2) is 18.1 Å². The maximum absolute atomic E-state index is 12.5. The maximum atomic E-state index is 12.5. The van der Waals surface area contributed by atoms with Gasteiger partial charge in [0.2, 0.25) is 16.0 Å². The Morgan fingerprint density at radius 3 is 2.60 bits per heavy atom. The number of hydrogen-bond acceptors (Lipinski definition) is 8. The van der Waals surface area contributed by atoms with Crippen LogP contribution in [0.3, 0.4) is 0 Å². The summed E-state index contributed by atoms with van der Waals surface area (Å²) in [6.07, 6.45) is 3.25. The van der Waals surface area contributed by atoms with E-state index in [4.69, 9.17) is 4.74 Å². The number of sulfonamides is 1. The predicted octanol–water partition coefficient (Wildman–Crippen LogP) is 2.40. The highest BCUT2D eigenvalue weighted by Crippen LogP contribution is 2.21.